The minimum atomic E-state index is -0.373. The first kappa shape index (κ1) is 14.5. The highest BCUT2D eigenvalue weighted by Gasteiger charge is 2.06. The topological polar surface area (TPSA) is 51.2 Å². The van der Waals surface area contributed by atoms with Crippen molar-refractivity contribution in [1.29, 1.82) is 0 Å². The van der Waals surface area contributed by atoms with Gasteiger partial charge in [-0.05, 0) is 19.9 Å². The molecule has 0 aliphatic carbocycles. The fourth-order valence-corrected chi connectivity index (χ4v) is 2.66. The van der Waals surface area contributed by atoms with Crippen LogP contribution in [0.25, 0.3) is 10.6 Å². The van der Waals surface area contributed by atoms with Crippen molar-refractivity contribution in [2.45, 2.75) is 20.3 Å². The SMILES string of the molecule is CCOC(=O)NCCc1csc(-c2cccc(C)c2)n1. The van der Waals surface area contributed by atoms with E-state index in [0.29, 0.717) is 19.6 Å². The molecule has 4 nitrogen and oxygen atoms in total. The number of amides is 1. The van der Waals surface area contributed by atoms with Gasteiger partial charge in [-0.15, -0.1) is 11.3 Å². The molecule has 0 atom stereocenters. The molecule has 0 saturated heterocycles. The lowest BCUT2D eigenvalue weighted by Crippen LogP contribution is -2.26. The van der Waals surface area contributed by atoms with Crippen molar-refractivity contribution >= 4 is 17.4 Å². The third-order valence-electron chi connectivity index (χ3n) is 2.74. The van der Waals surface area contributed by atoms with Crippen molar-refractivity contribution in [3.8, 4) is 10.6 Å². The molecule has 0 bridgehead atoms. The molecular weight excluding hydrogens is 272 g/mol. The van der Waals surface area contributed by atoms with E-state index in [4.69, 9.17) is 4.74 Å². The van der Waals surface area contributed by atoms with Crippen molar-refractivity contribution in [1.82, 2.24) is 10.3 Å². The van der Waals surface area contributed by atoms with Crippen LogP contribution in [0, 0.1) is 6.92 Å². The van der Waals surface area contributed by atoms with Gasteiger partial charge in [-0.3, -0.25) is 0 Å². The molecule has 1 N–H and O–H groups in total. The van der Waals surface area contributed by atoms with Gasteiger partial charge in [-0.2, -0.15) is 0 Å². The summed E-state index contributed by atoms with van der Waals surface area (Å²) in [6, 6.07) is 8.29. The number of aromatic nitrogens is 1. The molecule has 0 saturated carbocycles. The van der Waals surface area contributed by atoms with Crippen LogP contribution >= 0.6 is 11.3 Å². The number of alkyl carbamates (subject to hydrolysis) is 1. The Kier molecular flexibility index (Phi) is 5.12. The van der Waals surface area contributed by atoms with E-state index in [1.54, 1.807) is 18.3 Å². The van der Waals surface area contributed by atoms with Crippen LogP contribution in [-0.4, -0.2) is 24.2 Å². The van der Waals surface area contributed by atoms with Crippen molar-refractivity contribution < 1.29 is 9.53 Å². The second kappa shape index (κ2) is 7.05. The number of hydrogen-bond donors (Lipinski definition) is 1. The van der Waals surface area contributed by atoms with Crippen LogP contribution in [0.4, 0.5) is 4.79 Å². The van der Waals surface area contributed by atoms with Gasteiger partial charge in [0.1, 0.15) is 5.01 Å². The third-order valence-corrected chi connectivity index (χ3v) is 3.68. The van der Waals surface area contributed by atoms with Gasteiger partial charge in [-0.1, -0.05) is 23.8 Å². The number of benzene rings is 1. The summed E-state index contributed by atoms with van der Waals surface area (Å²) in [6.45, 7) is 4.78. The molecule has 5 heteroatoms. The van der Waals surface area contributed by atoms with Crippen LogP contribution in [0.2, 0.25) is 0 Å². The molecular formula is C15H18N2O2S. The summed E-state index contributed by atoms with van der Waals surface area (Å²) in [4.78, 5) is 15.7. The fourth-order valence-electron chi connectivity index (χ4n) is 1.81. The largest absolute Gasteiger partial charge is 0.450 e. The number of ether oxygens (including phenoxy) is 1. The standard InChI is InChI=1S/C15H18N2O2S/c1-3-19-15(18)16-8-7-13-10-20-14(17-13)12-6-4-5-11(2)9-12/h4-6,9-10H,3,7-8H2,1-2H3,(H,16,18). The molecule has 0 aliphatic heterocycles. The molecule has 0 spiro atoms. The molecule has 1 aromatic carbocycles. The van der Waals surface area contributed by atoms with Crippen LogP contribution < -0.4 is 5.32 Å². The summed E-state index contributed by atoms with van der Waals surface area (Å²) < 4.78 is 4.80. The van der Waals surface area contributed by atoms with E-state index in [-0.39, 0.29) is 6.09 Å². The molecule has 1 amide bonds. The first-order valence-electron chi connectivity index (χ1n) is 6.61. The number of thiazole rings is 1. The Hall–Kier alpha value is -1.88. The van der Waals surface area contributed by atoms with Crippen LogP contribution in [0.1, 0.15) is 18.2 Å². The van der Waals surface area contributed by atoms with Crippen molar-refractivity contribution in [2.24, 2.45) is 0 Å². The van der Waals surface area contributed by atoms with Gasteiger partial charge in [0.15, 0.2) is 0 Å². The number of nitrogens with zero attached hydrogens (tertiary/aromatic N) is 1. The monoisotopic (exact) mass is 290 g/mol. The zero-order chi connectivity index (χ0) is 14.4. The highest BCUT2D eigenvalue weighted by atomic mass is 32.1. The lowest BCUT2D eigenvalue weighted by Gasteiger charge is -2.03. The van der Waals surface area contributed by atoms with Crippen LogP contribution in [0.5, 0.6) is 0 Å². The van der Waals surface area contributed by atoms with E-state index < -0.39 is 0 Å². The highest BCUT2D eigenvalue weighted by Crippen LogP contribution is 2.24. The molecule has 20 heavy (non-hydrogen) atoms. The van der Waals surface area contributed by atoms with E-state index >= 15 is 0 Å². The quantitative estimate of drug-likeness (QED) is 0.918. The molecule has 2 aromatic rings. The average Bonchev–Trinajstić information content (AvgIpc) is 2.88. The molecule has 1 aromatic heterocycles. The Bertz CT molecular complexity index is 581. The lowest BCUT2D eigenvalue weighted by atomic mass is 10.1. The van der Waals surface area contributed by atoms with E-state index in [1.165, 1.54) is 5.56 Å². The van der Waals surface area contributed by atoms with Gasteiger partial charge in [0.2, 0.25) is 0 Å². The number of nitrogens with one attached hydrogen (secondary N) is 1. The van der Waals surface area contributed by atoms with E-state index in [2.05, 4.69) is 35.4 Å². The normalized spacial score (nSPS) is 10.3. The third kappa shape index (κ3) is 4.06. The maximum atomic E-state index is 11.1. The molecule has 106 valence electrons. The Balaban J connectivity index is 1.91. The smallest absolute Gasteiger partial charge is 0.407 e. The predicted octanol–water partition coefficient (Wildman–Crippen LogP) is 3.41. The number of carbonyl (C=O) groups is 1. The fraction of sp³-hybridized carbons (Fsp3) is 0.333. The van der Waals surface area contributed by atoms with Crippen molar-refractivity contribution in [3.05, 3.63) is 40.9 Å². The molecule has 0 fully saturated rings. The molecule has 1 heterocycles. The molecule has 2 rings (SSSR count). The van der Waals surface area contributed by atoms with Gasteiger partial charge in [0.05, 0.1) is 12.3 Å². The second-order valence-corrected chi connectivity index (χ2v) is 5.27. The summed E-state index contributed by atoms with van der Waals surface area (Å²) in [7, 11) is 0. The average molecular weight is 290 g/mol. The minimum absolute atomic E-state index is 0.373. The number of aryl methyl sites for hydroxylation is 1. The highest BCUT2D eigenvalue weighted by molar-refractivity contribution is 7.13. The van der Waals surface area contributed by atoms with Crippen LogP contribution in [0.3, 0.4) is 0 Å². The Morgan fingerprint density at radius 1 is 1.45 bits per heavy atom. The lowest BCUT2D eigenvalue weighted by molar-refractivity contribution is 0.152. The predicted molar refractivity (Wildman–Crippen MR) is 81.0 cm³/mol. The maximum Gasteiger partial charge on any atom is 0.407 e. The van der Waals surface area contributed by atoms with Gasteiger partial charge >= 0.3 is 6.09 Å². The Morgan fingerprint density at radius 2 is 2.30 bits per heavy atom. The maximum absolute atomic E-state index is 11.1. The summed E-state index contributed by atoms with van der Waals surface area (Å²) in [5.41, 5.74) is 3.35. The first-order chi connectivity index (χ1) is 9.69. The summed E-state index contributed by atoms with van der Waals surface area (Å²) in [6.07, 6.45) is 0.336. The van der Waals surface area contributed by atoms with Gasteiger partial charge in [0.25, 0.3) is 0 Å². The van der Waals surface area contributed by atoms with E-state index in [9.17, 15) is 4.79 Å². The zero-order valence-corrected chi connectivity index (χ0v) is 12.5. The molecule has 0 aliphatic rings. The summed E-state index contributed by atoms with van der Waals surface area (Å²) >= 11 is 1.63. The van der Waals surface area contributed by atoms with Gasteiger partial charge in [0, 0.05) is 23.9 Å². The summed E-state index contributed by atoms with van der Waals surface area (Å²) in [5, 5.41) is 5.74. The minimum Gasteiger partial charge on any atom is -0.450 e. The van der Waals surface area contributed by atoms with Gasteiger partial charge < -0.3 is 10.1 Å². The van der Waals surface area contributed by atoms with Gasteiger partial charge in [-0.25, -0.2) is 9.78 Å². The van der Waals surface area contributed by atoms with Crippen LogP contribution in [-0.2, 0) is 11.2 Å². The first-order valence-corrected chi connectivity index (χ1v) is 7.49. The number of hydrogen-bond acceptors (Lipinski definition) is 4. The van der Waals surface area contributed by atoms with Crippen molar-refractivity contribution in [3.63, 3.8) is 0 Å². The van der Waals surface area contributed by atoms with Crippen molar-refractivity contribution in [2.75, 3.05) is 13.2 Å². The summed E-state index contributed by atoms with van der Waals surface area (Å²) in [5.74, 6) is 0. The number of rotatable bonds is 5. The Morgan fingerprint density at radius 3 is 3.05 bits per heavy atom. The van der Waals surface area contributed by atoms with E-state index in [1.807, 2.05) is 11.4 Å². The molecule has 0 radical (unpaired) electrons. The Labute approximate surface area is 122 Å². The second-order valence-electron chi connectivity index (χ2n) is 4.41. The van der Waals surface area contributed by atoms with Crippen LogP contribution in [0.15, 0.2) is 29.6 Å². The zero-order valence-electron chi connectivity index (χ0n) is 11.7. The molecule has 0 unspecified atom stereocenters. The number of carbonyl (C=O) groups excluding carboxylic acids is 1. The van der Waals surface area contributed by atoms with E-state index in [0.717, 1.165) is 16.3 Å².